The third-order valence-electron chi connectivity index (χ3n) is 4.21. The lowest BCUT2D eigenvalue weighted by atomic mass is 9.99. The van der Waals surface area contributed by atoms with Crippen molar-refractivity contribution in [1.82, 2.24) is 4.98 Å². The summed E-state index contributed by atoms with van der Waals surface area (Å²) in [5.74, 6) is -0.973. The van der Waals surface area contributed by atoms with Crippen molar-refractivity contribution in [2.75, 3.05) is 0 Å². The normalized spacial score (nSPS) is 12.8. The van der Waals surface area contributed by atoms with Crippen molar-refractivity contribution < 1.29 is 14.8 Å². The van der Waals surface area contributed by atoms with Gasteiger partial charge >= 0.3 is 0 Å². The molecule has 3 aromatic rings. The first kappa shape index (κ1) is 17.3. The van der Waals surface area contributed by atoms with Crippen molar-refractivity contribution in [2.45, 2.75) is 0 Å². The summed E-state index contributed by atoms with van der Waals surface area (Å²) in [4.78, 5) is 30.0. The van der Waals surface area contributed by atoms with Crippen LogP contribution in [0.1, 0.15) is 21.5 Å². The van der Waals surface area contributed by atoms with Crippen LogP contribution in [0.5, 0.6) is 5.88 Å². The number of fused-ring (bicyclic) bond motifs is 1. The fraction of sp³-hybridized carbons (Fsp3) is 0. The van der Waals surface area contributed by atoms with Crippen LogP contribution in [0.4, 0.5) is 5.69 Å². The second-order valence-electron chi connectivity index (χ2n) is 5.74. The molecule has 1 aliphatic rings. The number of nitro benzene ring substituents is 1. The number of rotatable bonds is 3. The second kappa shape index (κ2) is 6.22. The van der Waals surface area contributed by atoms with E-state index in [0.717, 1.165) is 0 Å². The summed E-state index contributed by atoms with van der Waals surface area (Å²) in [7, 11) is 0. The molecule has 0 radical (unpaired) electrons. The number of H-pyrrole nitrogens is 1. The number of aromatic amines is 1. The Hall–Kier alpha value is -3.16. The number of hydrogen-bond donors (Lipinski definition) is 2. The molecule has 9 heteroatoms. The van der Waals surface area contributed by atoms with Crippen LogP contribution in [0.25, 0.3) is 11.3 Å². The molecule has 2 heterocycles. The van der Waals surface area contributed by atoms with Gasteiger partial charge in [-0.15, -0.1) is 0 Å². The van der Waals surface area contributed by atoms with Crippen molar-refractivity contribution in [1.29, 1.82) is 0 Å². The number of aromatic nitrogens is 1. The molecule has 7 nitrogen and oxygen atoms in total. The van der Waals surface area contributed by atoms with Gasteiger partial charge in [-0.1, -0.05) is 53.5 Å². The second-order valence-corrected chi connectivity index (χ2v) is 6.53. The Morgan fingerprint density at radius 3 is 2.41 bits per heavy atom. The fourth-order valence-corrected chi connectivity index (χ4v) is 3.47. The summed E-state index contributed by atoms with van der Waals surface area (Å²) in [6.07, 6.45) is 0. The molecule has 2 aromatic carbocycles. The Bertz CT molecular complexity index is 1150. The van der Waals surface area contributed by atoms with Crippen molar-refractivity contribution in [3.63, 3.8) is 0 Å². The fourth-order valence-electron chi connectivity index (χ4n) is 3.06. The number of carbonyl (C=O) groups excluding carboxylic acids is 1. The number of halogens is 2. The highest BCUT2D eigenvalue weighted by molar-refractivity contribution is 6.46. The van der Waals surface area contributed by atoms with E-state index in [1.807, 2.05) is 6.07 Å². The highest BCUT2D eigenvalue weighted by Gasteiger charge is 2.37. The van der Waals surface area contributed by atoms with E-state index in [0.29, 0.717) is 11.3 Å². The number of aromatic hydroxyl groups is 1. The van der Waals surface area contributed by atoms with Crippen LogP contribution in [0.3, 0.4) is 0 Å². The van der Waals surface area contributed by atoms with E-state index in [1.54, 1.807) is 24.3 Å². The van der Waals surface area contributed by atoms with Gasteiger partial charge in [-0.3, -0.25) is 14.9 Å². The first-order valence-corrected chi connectivity index (χ1v) is 8.42. The van der Waals surface area contributed by atoms with Crippen molar-refractivity contribution in [2.24, 2.45) is 4.99 Å². The van der Waals surface area contributed by atoms with Gasteiger partial charge in [0.05, 0.1) is 43.1 Å². The SMILES string of the molecule is O=C1N=C(c2c([N+](=O)[O-])ccc(Cl)c2Cl)c2c(O)[nH]c(-c3ccccc3)c21. The number of carbonyl (C=O) groups is 1. The summed E-state index contributed by atoms with van der Waals surface area (Å²) < 4.78 is 0. The van der Waals surface area contributed by atoms with E-state index in [1.165, 1.54) is 12.1 Å². The minimum Gasteiger partial charge on any atom is -0.494 e. The first-order chi connectivity index (χ1) is 12.9. The van der Waals surface area contributed by atoms with Crippen LogP contribution in [-0.2, 0) is 0 Å². The third kappa shape index (κ3) is 2.59. The van der Waals surface area contributed by atoms with E-state index in [-0.39, 0.29) is 44.0 Å². The number of nitro groups is 1. The number of amides is 1. The molecule has 1 amide bonds. The number of nitrogens with zero attached hydrogens (tertiary/aromatic N) is 2. The summed E-state index contributed by atoms with van der Waals surface area (Å²) in [5.41, 5.74) is 0.634. The molecule has 134 valence electrons. The molecule has 2 N–H and O–H groups in total. The van der Waals surface area contributed by atoms with E-state index in [4.69, 9.17) is 23.2 Å². The minimum atomic E-state index is -0.648. The molecule has 0 fully saturated rings. The van der Waals surface area contributed by atoms with Crippen LogP contribution in [0, 0.1) is 10.1 Å². The van der Waals surface area contributed by atoms with Gasteiger partial charge in [-0.2, -0.15) is 0 Å². The van der Waals surface area contributed by atoms with Crippen LogP contribution < -0.4 is 0 Å². The van der Waals surface area contributed by atoms with Crippen molar-refractivity contribution >= 4 is 40.5 Å². The van der Waals surface area contributed by atoms with Crippen LogP contribution in [-0.4, -0.2) is 26.6 Å². The Morgan fingerprint density at radius 2 is 1.74 bits per heavy atom. The molecule has 4 rings (SSSR count). The highest BCUT2D eigenvalue weighted by atomic mass is 35.5. The zero-order valence-corrected chi connectivity index (χ0v) is 14.9. The highest BCUT2D eigenvalue weighted by Crippen LogP contribution is 2.42. The van der Waals surface area contributed by atoms with E-state index >= 15 is 0 Å². The molecular formula is C18H9Cl2N3O4. The molecule has 0 unspecified atom stereocenters. The van der Waals surface area contributed by atoms with Crippen molar-refractivity contribution in [3.05, 3.63) is 79.3 Å². The standard InChI is InChI=1S/C18H9Cl2N3O4/c19-9-6-7-10(23(26)27)11(14(9)20)16-13-12(17(24)22-16)15(21-18(13)25)8-4-2-1-3-5-8/h1-7,21,25H. The van der Waals surface area contributed by atoms with Crippen LogP contribution >= 0.6 is 23.2 Å². The zero-order chi connectivity index (χ0) is 19.3. The number of benzene rings is 2. The molecular weight excluding hydrogens is 393 g/mol. The number of nitrogens with one attached hydrogen (secondary N) is 1. The maximum absolute atomic E-state index is 12.6. The quantitative estimate of drug-likeness (QED) is 0.493. The number of hydrogen-bond acceptors (Lipinski definition) is 4. The lowest BCUT2D eigenvalue weighted by molar-refractivity contribution is -0.385. The van der Waals surface area contributed by atoms with E-state index in [9.17, 15) is 20.0 Å². The molecule has 0 aliphatic carbocycles. The minimum absolute atomic E-state index is 0.0612. The van der Waals surface area contributed by atoms with E-state index < -0.39 is 10.8 Å². The first-order valence-electron chi connectivity index (χ1n) is 7.66. The lowest BCUT2D eigenvalue weighted by Gasteiger charge is -2.07. The summed E-state index contributed by atoms with van der Waals surface area (Å²) >= 11 is 12.2. The number of aliphatic imine (C=N–C) groups is 1. The zero-order valence-electron chi connectivity index (χ0n) is 13.4. The van der Waals surface area contributed by atoms with Gasteiger partial charge in [-0.05, 0) is 11.6 Å². The maximum Gasteiger partial charge on any atom is 0.280 e. The molecule has 27 heavy (non-hydrogen) atoms. The molecule has 0 bridgehead atoms. The monoisotopic (exact) mass is 401 g/mol. The topological polar surface area (TPSA) is 109 Å². The Labute approximate surface area is 162 Å². The average Bonchev–Trinajstić information content (AvgIpc) is 3.16. The molecule has 1 aliphatic heterocycles. The van der Waals surface area contributed by atoms with Gasteiger partial charge in [0.15, 0.2) is 5.88 Å². The summed E-state index contributed by atoms with van der Waals surface area (Å²) in [5, 5.41) is 21.8. The lowest BCUT2D eigenvalue weighted by Crippen LogP contribution is -2.06. The van der Waals surface area contributed by atoms with Gasteiger partial charge in [0.25, 0.3) is 11.6 Å². The maximum atomic E-state index is 12.6. The Balaban J connectivity index is 1.99. The molecule has 0 spiro atoms. The van der Waals surface area contributed by atoms with Gasteiger partial charge in [0.1, 0.15) is 0 Å². The van der Waals surface area contributed by atoms with Gasteiger partial charge in [-0.25, -0.2) is 4.99 Å². The van der Waals surface area contributed by atoms with Gasteiger partial charge in [0, 0.05) is 6.07 Å². The summed E-state index contributed by atoms with van der Waals surface area (Å²) in [6.45, 7) is 0. The van der Waals surface area contributed by atoms with E-state index in [2.05, 4.69) is 9.98 Å². The Morgan fingerprint density at radius 1 is 1.04 bits per heavy atom. The molecule has 0 atom stereocenters. The molecule has 0 saturated carbocycles. The average molecular weight is 402 g/mol. The van der Waals surface area contributed by atoms with Crippen molar-refractivity contribution in [3.8, 4) is 17.1 Å². The third-order valence-corrected chi connectivity index (χ3v) is 5.02. The van der Waals surface area contributed by atoms with Crippen LogP contribution in [0.15, 0.2) is 47.5 Å². The summed E-state index contributed by atoms with van der Waals surface area (Å²) in [6, 6.07) is 11.3. The Kier molecular flexibility index (Phi) is 3.98. The molecule has 0 saturated heterocycles. The predicted octanol–water partition coefficient (Wildman–Crippen LogP) is 4.59. The molecule has 1 aromatic heterocycles. The largest absolute Gasteiger partial charge is 0.494 e. The predicted molar refractivity (Wildman–Crippen MR) is 101 cm³/mol. The van der Waals surface area contributed by atoms with Gasteiger partial charge < -0.3 is 10.1 Å². The van der Waals surface area contributed by atoms with Gasteiger partial charge in [0.2, 0.25) is 0 Å². The van der Waals surface area contributed by atoms with Crippen LogP contribution in [0.2, 0.25) is 10.0 Å². The smallest absolute Gasteiger partial charge is 0.280 e.